The minimum Gasteiger partial charge on any atom is -0.462 e. The van der Waals surface area contributed by atoms with Gasteiger partial charge in [0.25, 0.3) is 0 Å². The highest BCUT2D eigenvalue weighted by molar-refractivity contribution is 9.10. The summed E-state index contributed by atoms with van der Waals surface area (Å²) in [5.41, 5.74) is 3.56. The van der Waals surface area contributed by atoms with Gasteiger partial charge < -0.3 is 4.74 Å². The molecular formula is C14H14BrNO2. The minimum absolute atomic E-state index is 0.348. The van der Waals surface area contributed by atoms with Gasteiger partial charge in [-0.25, -0.2) is 4.79 Å². The van der Waals surface area contributed by atoms with Crippen molar-refractivity contribution in [1.29, 1.82) is 0 Å². The maximum Gasteiger partial charge on any atom is 0.340 e. The lowest BCUT2D eigenvalue weighted by Crippen LogP contribution is -2.07. The zero-order chi connectivity index (χ0) is 13.3. The molecule has 0 amide bonds. The molecule has 4 heteroatoms. The van der Waals surface area contributed by atoms with Gasteiger partial charge in [0.2, 0.25) is 0 Å². The Morgan fingerprint density at radius 1 is 1.33 bits per heavy atom. The van der Waals surface area contributed by atoms with Crippen LogP contribution in [0.4, 0.5) is 0 Å². The number of hydrogen-bond donors (Lipinski definition) is 0. The van der Waals surface area contributed by atoms with Crippen LogP contribution in [0.3, 0.4) is 0 Å². The smallest absolute Gasteiger partial charge is 0.340 e. The Morgan fingerprint density at radius 2 is 2.00 bits per heavy atom. The fourth-order valence-corrected chi connectivity index (χ4v) is 2.68. The number of pyridine rings is 1. The van der Waals surface area contributed by atoms with Gasteiger partial charge in [-0.05, 0) is 47.8 Å². The molecule has 0 saturated heterocycles. The van der Waals surface area contributed by atoms with Gasteiger partial charge in [-0.3, -0.25) is 4.98 Å². The molecule has 18 heavy (non-hydrogen) atoms. The predicted octanol–water partition coefficient (Wildman–Crippen LogP) is 3.79. The maximum atomic E-state index is 11.8. The number of ether oxygens (including phenoxy) is 1. The fraction of sp³-hybridized carbons (Fsp3) is 0.286. The van der Waals surface area contributed by atoms with Crippen LogP contribution in [0, 0.1) is 13.8 Å². The summed E-state index contributed by atoms with van der Waals surface area (Å²) in [6.45, 7) is 6.15. The van der Waals surface area contributed by atoms with Crippen LogP contribution in [0.25, 0.3) is 10.9 Å². The average Bonchev–Trinajstić information content (AvgIpc) is 2.34. The van der Waals surface area contributed by atoms with Crippen molar-refractivity contribution in [2.75, 3.05) is 6.61 Å². The van der Waals surface area contributed by atoms with E-state index >= 15 is 0 Å². The number of aromatic nitrogens is 1. The number of benzene rings is 1. The van der Waals surface area contributed by atoms with E-state index in [0.717, 1.165) is 26.5 Å². The lowest BCUT2D eigenvalue weighted by Gasteiger charge is -2.10. The molecule has 2 aromatic rings. The third-order valence-corrected chi connectivity index (χ3v) is 3.69. The number of hydrogen-bond acceptors (Lipinski definition) is 3. The van der Waals surface area contributed by atoms with E-state index in [9.17, 15) is 4.79 Å². The minimum atomic E-state index is -0.348. The molecule has 0 saturated carbocycles. The van der Waals surface area contributed by atoms with Gasteiger partial charge in [-0.2, -0.15) is 0 Å². The summed E-state index contributed by atoms with van der Waals surface area (Å²) in [4.78, 5) is 16.2. The van der Waals surface area contributed by atoms with Crippen LogP contribution in [0.5, 0.6) is 0 Å². The molecule has 0 fully saturated rings. The Labute approximate surface area is 114 Å². The molecule has 2 rings (SSSR count). The highest BCUT2D eigenvalue weighted by atomic mass is 79.9. The van der Waals surface area contributed by atoms with E-state index in [1.54, 1.807) is 13.1 Å². The van der Waals surface area contributed by atoms with Crippen molar-refractivity contribution >= 4 is 32.8 Å². The van der Waals surface area contributed by atoms with Crippen molar-refractivity contribution in [3.63, 3.8) is 0 Å². The molecule has 0 aliphatic heterocycles. The molecule has 0 spiro atoms. The van der Waals surface area contributed by atoms with E-state index in [4.69, 9.17) is 4.74 Å². The Kier molecular flexibility index (Phi) is 3.66. The molecule has 0 aliphatic carbocycles. The van der Waals surface area contributed by atoms with Crippen LogP contribution in [0.15, 0.2) is 22.8 Å². The Balaban J connectivity index is 2.71. The van der Waals surface area contributed by atoms with E-state index in [1.165, 1.54) is 0 Å². The number of halogens is 1. The third kappa shape index (κ3) is 2.12. The quantitative estimate of drug-likeness (QED) is 0.792. The van der Waals surface area contributed by atoms with Crippen molar-refractivity contribution in [3.8, 4) is 0 Å². The highest BCUT2D eigenvalue weighted by Crippen LogP contribution is 2.30. The van der Waals surface area contributed by atoms with Crippen molar-refractivity contribution < 1.29 is 9.53 Å². The number of nitrogens with zero attached hydrogens (tertiary/aromatic N) is 1. The molecule has 0 aliphatic rings. The summed E-state index contributed by atoms with van der Waals surface area (Å²) >= 11 is 3.50. The van der Waals surface area contributed by atoms with Gasteiger partial charge in [0, 0.05) is 16.1 Å². The van der Waals surface area contributed by atoms with Crippen LogP contribution in [0.1, 0.15) is 28.4 Å². The molecule has 1 heterocycles. The van der Waals surface area contributed by atoms with E-state index in [2.05, 4.69) is 20.9 Å². The summed E-state index contributed by atoms with van der Waals surface area (Å²) in [5, 5.41) is 0.973. The standard InChI is InChI=1S/C14H14BrNO2/c1-4-18-14(17)10-7-16-13-9(3)6-5-8(2)11(13)12(10)15/h5-7H,4H2,1-3H3. The van der Waals surface area contributed by atoms with Gasteiger partial charge in [-0.1, -0.05) is 12.1 Å². The first-order chi connectivity index (χ1) is 8.56. The van der Waals surface area contributed by atoms with Crippen LogP contribution >= 0.6 is 15.9 Å². The summed E-state index contributed by atoms with van der Waals surface area (Å²) in [6, 6.07) is 4.06. The third-order valence-electron chi connectivity index (χ3n) is 2.86. The molecule has 3 nitrogen and oxygen atoms in total. The average molecular weight is 308 g/mol. The molecule has 0 N–H and O–H groups in total. The molecule has 94 valence electrons. The molecule has 0 radical (unpaired) electrons. The zero-order valence-corrected chi connectivity index (χ0v) is 12.2. The number of fused-ring (bicyclic) bond motifs is 1. The van der Waals surface area contributed by atoms with E-state index in [0.29, 0.717) is 12.2 Å². The first kappa shape index (κ1) is 13.0. The van der Waals surface area contributed by atoms with Crippen LogP contribution < -0.4 is 0 Å². The highest BCUT2D eigenvalue weighted by Gasteiger charge is 2.16. The fourth-order valence-electron chi connectivity index (χ4n) is 1.91. The lowest BCUT2D eigenvalue weighted by atomic mass is 10.0. The predicted molar refractivity (Wildman–Crippen MR) is 74.9 cm³/mol. The van der Waals surface area contributed by atoms with Crippen LogP contribution in [-0.2, 0) is 4.74 Å². The number of esters is 1. The number of aryl methyl sites for hydroxylation is 2. The summed E-state index contributed by atoms with van der Waals surface area (Å²) in [6.07, 6.45) is 1.57. The summed E-state index contributed by atoms with van der Waals surface area (Å²) in [5.74, 6) is -0.348. The SMILES string of the molecule is CCOC(=O)c1cnc2c(C)ccc(C)c2c1Br. The first-order valence-electron chi connectivity index (χ1n) is 5.77. The second-order valence-electron chi connectivity index (χ2n) is 4.13. The van der Waals surface area contributed by atoms with Crippen molar-refractivity contribution in [2.24, 2.45) is 0 Å². The van der Waals surface area contributed by atoms with Crippen molar-refractivity contribution in [1.82, 2.24) is 4.98 Å². The van der Waals surface area contributed by atoms with Gasteiger partial charge >= 0.3 is 5.97 Å². The Hall–Kier alpha value is -1.42. The first-order valence-corrected chi connectivity index (χ1v) is 6.57. The monoisotopic (exact) mass is 307 g/mol. The van der Waals surface area contributed by atoms with Gasteiger partial charge in [-0.15, -0.1) is 0 Å². The maximum absolute atomic E-state index is 11.8. The topological polar surface area (TPSA) is 39.2 Å². The van der Waals surface area contributed by atoms with E-state index < -0.39 is 0 Å². The molecule has 0 bridgehead atoms. The van der Waals surface area contributed by atoms with Gasteiger partial charge in [0.05, 0.1) is 17.7 Å². The van der Waals surface area contributed by atoms with Gasteiger partial charge in [0.1, 0.15) is 0 Å². The normalized spacial score (nSPS) is 10.7. The summed E-state index contributed by atoms with van der Waals surface area (Å²) in [7, 11) is 0. The van der Waals surface area contributed by atoms with Crippen molar-refractivity contribution in [3.05, 3.63) is 39.5 Å². The second kappa shape index (κ2) is 5.06. The summed E-state index contributed by atoms with van der Waals surface area (Å²) < 4.78 is 5.78. The Bertz CT molecular complexity index is 623. The molecule has 0 atom stereocenters. The number of carbonyl (C=O) groups excluding carboxylic acids is 1. The van der Waals surface area contributed by atoms with E-state index in [-0.39, 0.29) is 5.97 Å². The largest absolute Gasteiger partial charge is 0.462 e. The molecule has 1 aromatic heterocycles. The number of rotatable bonds is 2. The van der Waals surface area contributed by atoms with Crippen LogP contribution in [0.2, 0.25) is 0 Å². The lowest BCUT2D eigenvalue weighted by molar-refractivity contribution is 0.0525. The Morgan fingerprint density at radius 3 is 2.67 bits per heavy atom. The van der Waals surface area contributed by atoms with E-state index in [1.807, 2.05) is 26.0 Å². The van der Waals surface area contributed by atoms with Gasteiger partial charge in [0.15, 0.2) is 0 Å². The molecular weight excluding hydrogens is 294 g/mol. The molecule has 1 aromatic carbocycles. The molecule has 0 unspecified atom stereocenters. The van der Waals surface area contributed by atoms with Crippen LogP contribution in [-0.4, -0.2) is 17.6 Å². The zero-order valence-electron chi connectivity index (χ0n) is 10.6. The second-order valence-corrected chi connectivity index (χ2v) is 4.92. The van der Waals surface area contributed by atoms with Crippen molar-refractivity contribution in [2.45, 2.75) is 20.8 Å². The number of carbonyl (C=O) groups is 1.